The van der Waals surface area contributed by atoms with Crippen molar-refractivity contribution in [2.45, 2.75) is 63.5 Å². The molecule has 0 heterocycles. The molecular weight excluding hydrogens is 294 g/mol. The molecule has 7 heteroatoms. The van der Waals surface area contributed by atoms with E-state index in [1.165, 1.54) is 0 Å². The third-order valence-electron chi connectivity index (χ3n) is 4.11. The van der Waals surface area contributed by atoms with E-state index in [1.807, 2.05) is 0 Å². The molecule has 21 heavy (non-hydrogen) atoms. The van der Waals surface area contributed by atoms with Crippen LogP contribution in [-0.4, -0.2) is 28.4 Å². The summed E-state index contributed by atoms with van der Waals surface area (Å²) in [4.78, 5) is 32.4. The van der Waals surface area contributed by atoms with E-state index in [0.717, 1.165) is 37.6 Å². The van der Waals surface area contributed by atoms with Gasteiger partial charge >= 0.3 is 11.9 Å². The Kier molecular flexibility index (Phi) is 6.64. The quantitative estimate of drug-likeness (QED) is 0.418. The monoisotopic (exact) mass is 317 g/mol. The molecule has 0 unspecified atom stereocenters. The molecule has 0 atom stereocenters. The highest BCUT2D eigenvalue weighted by Gasteiger charge is 2.39. The second kappa shape index (κ2) is 7.77. The molecule has 6 nitrogen and oxygen atoms in total. The van der Waals surface area contributed by atoms with E-state index in [9.17, 15) is 14.5 Å². The molecule has 1 aliphatic carbocycles. The highest BCUT2D eigenvalue weighted by atomic mass is 32.2. The van der Waals surface area contributed by atoms with Gasteiger partial charge in [-0.1, -0.05) is 13.8 Å². The zero-order valence-corrected chi connectivity index (χ0v) is 13.4. The summed E-state index contributed by atoms with van der Waals surface area (Å²) < 4.78 is 7.80. The lowest BCUT2D eigenvalue weighted by atomic mass is 9.72. The number of aliphatic carboxylic acids is 1. The molecule has 120 valence electrons. The minimum Gasteiger partial charge on any atom is -0.481 e. The lowest BCUT2D eigenvalue weighted by Crippen LogP contribution is -2.35. The average molecular weight is 317 g/mol. The first-order chi connectivity index (χ1) is 9.79. The molecule has 0 amide bonds. The third kappa shape index (κ3) is 6.46. The lowest BCUT2D eigenvalue weighted by molar-refractivity contribution is -0.148. The van der Waals surface area contributed by atoms with E-state index in [0.29, 0.717) is 6.42 Å². The van der Waals surface area contributed by atoms with Crippen molar-refractivity contribution >= 4 is 23.9 Å². The van der Waals surface area contributed by atoms with Crippen molar-refractivity contribution in [3.05, 3.63) is 4.91 Å². The van der Waals surface area contributed by atoms with Crippen LogP contribution >= 0.6 is 11.9 Å². The largest absolute Gasteiger partial charge is 0.481 e. The zero-order valence-electron chi connectivity index (χ0n) is 12.6. The summed E-state index contributed by atoms with van der Waals surface area (Å²) in [5, 5.41) is 8.49. The Morgan fingerprint density at radius 2 is 1.81 bits per heavy atom. The molecule has 0 spiro atoms. The zero-order chi connectivity index (χ0) is 15.9. The lowest BCUT2D eigenvalue weighted by Gasteiger charge is -2.41. The Morgan fingerprint density at radius 1 is 1.19 bits per heavy atom. The summed E-state index contributed by atoms with van der Waals surface area (Å²) >= 11 is 1.05. The van der Waals surface area contributed by atoms with Crippen LogP contribution in [0.25, 0.3) is 0 Å². The van der Waals surface area contributed by atoms with Gasteiger partial charge in [-0.15, -0.1) is 4.91 Å². The second-order valence-electron chi connectivity index (χ2n) is 6.38. The summed E-state index contributed by atoms with van der Waals surface area (Å²) in [6.07, 6.45) is 4.03. The first kappa shape index (κ1) is 17.9. The maximum absolute atomic E-state index is 11.4. The number of rotatable bonds is 8. The van der Waals surface area contributed by atoms with E-state index in [2.05, 4.69) is 18.4 Å². The molecule has 1 saturated carbocycles. The first-order valence-electron chi connectivity index (χ1n) is 7.17. The summed E-state index contributed by atoms with van der Waals surface area (Å²) in [5.74, 6) is -1.52. The molecule has 0 bridgehead atoms. The van der Waals surface area contributed by atoms with Crippen LogP contribution in [0.4, 0.5) is 0 Å². The molecule has 0 saturated heterocycles. The number of carboxylic acids is 1. The Labute approximate surface area is 129 Å². The van der Waals surface area contributed by atoms with E-state index < -0.39 is 11.9 Å². The first-order valence-corrected chi connectivity index (χ1v) is 7.94. The van der Waals surface area contributed by atoms with Crippen LogP contribution in [-0.2, 0) is 14.3 Å². The number of carboxylic acid groups (broad SMARTS) is 1. The SMILES string of the molecule is CC1(C)CCC(CCOC(=O)CCC(=O)O)(SN=O)CC1. The number of hydrogen-bond acceptors (Lipinski definition) is 6. The van der Waals surface area contributed by atoms with Crippen LogP contribution in [0.2, 0.25) is 0 Å². The van der Waals surface area contributed by atoms with Gasteiger partial charge in [0.15, 0.2) is 0 Å². The second-order valence-corrected chi connectivity index (χ2v) is 7.57. The fourth-order valence-corrected chi connectivity index (χ4v) is 3.20. The molecule has 1 N–H and O–H groups in total. The predicted octanol–water partition coefficient (Wildman–Crippen LogP) is 3.54. The van der Waals surface area contributed by atoms with Crippen molar-refractivity contribution in [1.29, 1.82) is 0 Å². The number of hydrogen-bond donors (Lipinski definition) is 1. The van der Waals surface area contributed by atoms with Crippen LogP contribution in [0.15, 0.2) is 4.58 Å². The van der Waals surface area contributed by atoms with Crippen LogP contribution < -0.4 is 0 Å². The minimum absolute atomic E-state index is 0.117. The van der Waals surface area contributed by atoms with Crippen LogP contribution in [0.5, 0.6) is 0 Å². The number of carbonyl (C=O) groups is 2. The van der Waals surface area contributed by atoms with Crippen molar-refractivity contribution in [1.82, 2.24) is 0 Å². The van der Waals surface area contributed by atoms with Crippen molar-refractivity contribution in [3.8, 4) is 0 Å². The van der Waals surface area contributed by atoms with Gasteiger partial charge in [-0.3, -0.25) is 9.59 Å². The van der Waals surface area contributed by atoms with Crippen molar-refractivity contribution in [3.63, 3.8) is 0 Å². The van der Waals surface area contributed by atoms with Crippen molar-refractivity contribution in [2.24, 2.45) is 10.00 Å². The molecule has 0 aromatic rings. The van der Waals surface area contributed by atoms with Gasteiger partial charge in [0.1, 0.15) is 0 Å². The van der Waals surface area contributed by atoms with Gasteiger partial charge in [0, 0.05) is 21.3 Å². The molecule has 1 rings (SSSR count). The maximum atomic E-state index is 11.4. The van der Waals surface area contributed by atoms with Crippen LogP contribution in [0, 0.1) is 10.3 Å². The van der Waals surface area contributed by atoms with Gasteiger partial charge in [-0.2, -0.15) is 0 Å². The molecule has 0 aliphatic heterocycles. The Morgan fingerprint density at radius 3 is 2.33 bits per heavy atom. The summed E-state index contributed by atoms with van der Waals surface area (Å²) in [7, 11) is 0. The molecule has 1 aliphatic rings. The van der Waals surface area contributed by atoms with Gasteiger partial charge in [-0.05, 0) is 37.5 Å². The molecule has 0 aromatic carbocycles. The normalized spacial score (nSPS) is 19.7. The highest BCUT2D eigenvalue weighted by molar-refractivity contribution is 7.99. The van der Waals surface area contributed by atoms with Crippen LogP contribution in [0.1, 0.15) is 58.8 Å². The number of esters is 1. The van der Waals surface area contributed by atoms with Crippen molar-refractivity contribution in [2.75, 3.05) is 6.61 Å². The number of carbonyl (C=O) groups excluding carboxylic acids is 1. The van der Waals surface area contributed by atoms with Gasteiger partial charge < -0.3 is 9.84 Å². The summed E-state index contributed by atoms with van der Waals surface area (Å²) in [6, 6.07) is 0. The van der Waals surface area contributed by atoms with Gasteiger partial charge in [0.2, 0.25) is 0 Å². The molecule has 0 radical (unpaired) electrons. The van der Waals surface area contributed by atoms with Gasteiger partial charge in [-0.25, -0.2) is 0 Å². The van der Waals surface area contributed by atoms with Gasteiger partial charge in [0.05, 0.1) is 19.4 Å². The number of ether oxygens (including phenoxy) is 1. The van der Waals surface area contributed by atoms with Crippen LogP contribution in [0.3, 0.4) is 0 Å². The van der Waals surface area contributed by atoms with E-state index in [1.54, 1.807) is 0 Å². The van der Waals surface area contributed by atoms with E-state index >= 15 is 0 Å². The Bertz CT molecular complexity index is 387. The minimum atomic E-state index is -1.02. The maximum Gasteiger partial charge on any atom is 0.306 e. The third-order valence-corrected chi connectivity index (χ3v) is 5.18. The standard InChI is InChI=1S/C14H23NO5S/c1-13(2)5-7-14(8-6-13,21-15-19)9-10-20-12(18)4-3-11(16)17/h3-10H2,1-2H3,(H,16,17). The highest BCUT2D eigenvalue weighted by Crippen LogP contribution is 2.48. The van der Waals surface area contributed by atoms with E-state index in [-0.39, 0.29) is 29.6 Å². The number of nitrogens with zero attached hydrogens (tertiary/aromatic N) is 1. The molecular formula is C14H23NO5S. The summed E-state index contributed by atoms with van der Waals surface area (Å²) in [6.45, 7) is 4.63. The van der Waals surface area contributed by atoms with E-state index in [4.69, 9.17) is 9.84 Å². The molecule has 1 fully saturated rings. The fraction of sp³-hybridized carbons (Fsp3) is 0.857. The molecule has 0 aromatic heterocycles. The summed E-state index contributed by atoms with van der Waals surface area (Å²) in [5.41, 5.74) is 0.283. The smallest absolute Gasteiger partial charge is 0.306 e. The predicted molar refractivity (Wildman–Crippen MR) is 80.8 cm³/mol. The Hall–Kier alpha value is -1.11. The average Bonchev–Trinajstić information content (AvgIpc) is 2.40. The topological polar surface area (TPSA) is 93.0 Å². The fourth-order valence-electron chi connectivity index (χ4n) is 2.48. The number of nitroso groups, excluding NO2 is 1. The Balaban J connectivity index is 2.40. The van der Waals surface area contributed by atoms with Crippen molar-refractivity contribution < 1.29 is 19.4 Å². The van der Waals surface area contributed by atoms with Gasteiger partial charge in [0.25, 0.3) is 0 Å².